The van der Waals surface area contributed by atoms with Crippen LogP contribution >= 0.6 is 24.0 Å². The van der Waals surface area contributed by atoms with Gasteiger partial charge in [0.2, 0.25) is 0 Å². The summed E-state index contributed by atoms with van der Waals surface area (Å²) in [6.45, 7) is 3.73. The van der Waals surface area contributed by atoms with Crippen molar-refractivity contribution in [3.63, 3.8) is 0 Å². The smallest absolute Gasteiger partial charge is 0.193 e. The number of imidazole rings is 1. The Morgan fingerprint density at radius 2 is 1.96 bits per heavy atom. The predicted molar refractivity (Wildman–Crippen MR) is 118 cm³/mol. The molecule has 138 valence electrons. The summed E-state index contributed by atoms with van der Waals surface area (Å²) in [5.41, 5.74) is 4.62. The monoisotopic (exact) mass is 463 g/mol. The maximum atomic E-state index is 4.63. The zero-order valence-corrected chi connectivity index (χ0v) is 17.8. The number of aryl methyl sites for hydroxylation is 1. The highest BCUT2D eigenvalue weighted by molar-refractivity contribution is 14.0. The van der Waals surface area contributed by atoms with E-state index in [1.807, 2.05) is 35.8 Å². The van der Waals surface area contributed by atoms with E-state index in [0.717, 1.165) is 36.8 Å². The second-order valence-electron chi connectivity index (χ2n) is 6.26. The maximum Gasteiger partial charge on any atom is 0.193 e. The van der Waals surface area contributed by atoms with Crippen molar-refractivity contribution in [2.45, 2.75) is 19.9 Å². The number of rotatable bonds is 5. The van der Waals surface area contributed by atoms with Crippen molar-refractivity contribution >= 4 is 35.6 Å². The third kappa shape index (κ3) is 5.20. The van der Waals surface area contributed by atoms with Crippen LogP contribution in [-0.4, -0.2) is 40.9 Å². The molecule has 0 aliphatic rings. The van der Waals surface area contributed by atoms with E-state index in [1.165, 1.54) is 11.1 Å². The van der Waals surface area contributed by atoms with Crippen LogP contribution in [0.25, 0.3) is 5.65 Å². The third-order valence-corrected chi connectivity index (χ3v) is 4.19. The topological polar surface area (TPSA) is 44.9 Å². The summed E-state index contributed by atoms with van der Waals surface area (Å²) in [7, 11) is 3.87. The number of guanidine groups is 1. The quantitative estimate of drug-likeness (QED) is 0.358. The zero-order valence-electron chi connectivity index (χ0n) is 15.5. The van der Waals surface area contributed by atoms with Gasteiger partial charge in [-0.1, -0.05) is 35.9 Å². The number of benzene rings is 1. The van der Waals surface area contributed by atoms with Crippen molar-refractivity contribution in [3.8, 4) is 0 Å². The minimum Gasteiger partial charge on any atom is -0.356 e. The van der Waals surface area contributed by atoms with Gasteiger partial charge in [0, 0.05) is 46.0 Å². The van der Waals surface area contributed by atoms with E-state index in [0.29, 0.717) is 0 Å². The molecule has 0 saturated heterocycles. The average molecular weight is 463 g/mol. The lowest BCUT2D eigenvalue weighted by Crippen LogP contribution is -2.39. The Hall–Kier alpha value is -2.09. The van der Waals surface area contributed by atoms with Gasteiger partial charge in [-0.25, -0.2) is 4.98 Å². The molecule has 3 rings (SSSR count). The first-order chi connectivity index (χ1) is 12.2. The van der Waals surface area contributed by atoms with Crippen molar-refractivity contribution in [2.75, 3.05) is 20.6 Å². The molecule has 0 spiro atoms. The zero-order chi connectivity index (χ0) is 17.6. The first-order valence-electron chi connectivity index (χ1n) is 8.55. The van der Waals surface area contributed by atoms with Gasteiger partial charge < -0.3 is 14.6 Å². The van der Waals surface area contributed by atoms with E-state index < -0.39 is 0 Å². The number of nitrogens with zero attached hydrogens (tertiary/aromatic N) is 4. The Morgan fingerprint density at radius 1 is 1.19 bits per heavy atom. The highest BCUT2D eigenvalue weighted by Crippen LogP contribution is 2.07. The number of aromatic nitrogens is 2. The van der Waals surface area contributed by atoms with Gasteiger partial charge in [-0.05, 0) is 24.6 Å². The molecule has 2 heterocycles. The molecule has 0 aliphatic carbocycles. The van der Waals surface area contributed by atoms with Crippen molar-refractivity contribution in [1.29, 1.82) is 0 Å². The molecule has 2 aromatic heterocycles. The molecule has 1 aromatic carbocycles. The number of halogens is 1. The molecule has 0 saturated carbocycles. The fourth-order valence-corrected chi connectivity index (χ4v) is 2.84. The fourth-order valence-electron chi connectivity index (χ4n) is 2.84. The van der Waals surface area contributed by atoms with Gasteiger partial charge in [0.25, 0.3) is 0 Å². The lowest BCUT2D eigenvalue weighted by atomic mass is 10.1. The van der Waals surface area contributed by atoms with Gasteiger partial charge in [0.1, 0.15) is 5.65 Å². The lowest BCUT2D eigenvalue weighted by molar-refractivity contribution is 0.477. The minimum atomic E-state index is 0. The molecule has 3 aromatic rings. The predicted octanol–water partition coefficient (Wildman–Crippen LogP) is 3.51. The lowest BCUT2D eigenvalue weighted by Gasteiger charge is -2.22. The highest BCUT2D eigenvalue weighted by atomic mass is 127. The van der Waals surface area contributed by atoms with E-state index in [-0.39, 0.29) is 24.0 Å². The van der Waals surface area contributed by atoms with Crippen LogP contribution in [0.1, 0.15) is 16.8 Å². The summed E-state index contributed by atoms with van der Waals surface area (Å²) in [5.74, 6) is 0.893. The van der Waals surface area contributed by atoms with Crippen LogP contribution in [0.2, 0.25) is 0 Å². The SMILES string of the molecule is CN=C(NCCc1cn2ccccc2n1)N(C)Cc1ccc(C)cc1.I. The molecule has 6 heteroatoms. The van der Waals surface area contributed by atoms with Crippen molar-refractivity contribution in [1.82, 2.24) is 19.6 Å². The Labute approximate surface area is 172 Å². The number of fused-ring (bicyclic) bond motifs is 1. The van der Waals surface area contributed by atoms with E-state index in [1.54, 1.807) is 0 Å². The molecule has 0 radical (unpaired) electrons. The van der Waals surface area contributed by atoms with Gasteiger partial charge in [0.05, 0.1) is 5.69 Å². The summed E-state index contributed by atoms with van der Waals surface area (Å²) >= 11 is 0. The molecule has 0 bridgehead atoms. The molecule has 1 N–H and O–H groups in total. The van der Waals surface area contributed by atoms with Gasteiger partial charge in [0.15, 0.2) is 5.96 Å². The standard InChI is InChI=1S/C20H25N5.HI/c1-16-7-9-17(10-8-16)14-24(3)20(21-2)22-12-11-18-15-25-13-5-4-6-19(25)23-18;/h4-10,13,15H,11-12,14H2,1-3H3,(H,21,22);1H. The van der Waals surface area contributed by atoms with Crippen LogP contribution in [0.5, 0.6) is 0 Å². The minimum absolute atomic E-state index is 0. The number of nitrogens with one attached hydrogen (secondary N) is 1. The van der Waals surface area contributed by atoms with Gasteiger partial charge >= 0.3 is 0 Å². The van der Waals surface area contributed by atoms with Crippen LogP contribution in [0.15, 0.2) is 59.9 Å². The number of hydrogen-bond acceptors (Lipinski definition) is 2. The van der Waals surface area contributed by atoms with Crippen molar-refractivity contribution in [2.24, 2.45) is 4.99 Å². The van der Waals surface area contributed by atoms with E-state index in [9.17, 15) is 0 Å². The largest absolute Gasteiger partial charge is 0.356 e. The molecule has 0 amide bonds. The van der Waals surface area contributed by atoms with Gasteiger partial charge in [-0.2, -0.15) is 0 Å². The molecule has 0 atom stereocenters. The van der Waals surface area contributed by atoms with Gasteiger partial charge in [-0.15, -0.1) is 24.0 Å². The fraction of sp³-hybridized carbons (Fsp3) is 0.300. The summed E-state index contributed by atoms with van der Waals surface area (Å²) in [5, 5.41) is 3.42. The molecule has 26 heavy (non-hydrogen) atoms. The molecule has 0 aliphatic heterocycles. The summed E-state index contributed by atoms with van der Waals surface area (Å²) in [6.07, 6.45) is 4.96. The third-order valence-electron chi connectivity index (χ3n) is 4.19. The number of hydrogen-bond donors (Lipinski definition) is 1. The van der Waals surface area contributed by atoms with E-state index in [2.05, 4.69) is 64.6 Å². The molecule has 5 nitrogen and oxygen atoms in total. The Balaban J connectivity index is 0.00000243. The van der Waals surface area contributed by atoms with Gasteiger partial charge in [-0.3, -0.25) is 4.99 Å². The van der Waals surface area contributed by atoms with E-state index >= 15 is 0 Å². The Kier molecular flexibility index (Phi) is 7.44. The number of pyridine rings is 1. The second-order valence-corrected chi connectivity index (χ2v) is 6.26. The summed E-state index contributed by atoms with van der Waals surface area (Å²) < 4.78 is 2.05. The van der Waals surface area contributed by atoms with Crippen LogP contribution in [0.4, 0.5) is 0 Å². The van der Waals surface area contributed by atoms with Crippen LogP contribution in [-0.2, 0) is 13.0 Å². The number of aliphatic imine (C=N–C) groups is 1. The highest BCUT2D eigenvalue weighted by Gasteiger charge is 2.07. The Bertz CT molecular complexity index is 821. The molecular weight excluding hydrogens is 437 g/mol. The van der Waals surface area contributed by atoms with Crippen molar-refractivity contribution in [3.05, 3.63) is 71.7 Å². The van der Waals surface area contributed by atoms with Crippen molar-refractivity contribution < 1.29 is 0 Å². The van der Waals surface area contributed by atoms with Crippen LogP contribution in [0.3, 0.4) is 0 Å². The normalized spacial score (nSPS) is 11.3. The summed E-state index contributed by atoms with van der Waals surface area (Å²) in [6, 6.07) is 14.6. The first-order valence-corrected chi connectivity index (χ1v) is 8.55. The van der Waals surface area contributed by atoms with Crippen LogP contribution < -0.4 is 5.32 Å². The second kappa shape index (κ2) is 9.56. The van der Waals surface area contributed by atoms with Crippen LogP contribution in [0, 0.1) is 6.92 Å². The van der Waals surface area contributed by atoms with E-state index in [4.69, 9.17) is 0 Å². The molecule has 0 unspecified atom stereocenters. The maximum absolute atomic E-state index is 4.63. The molecule has 0 fully saturated rings. The average Bonchev–Trinajstić information content (AvgIpc) is 3.03. The summed E-state index contributed by atoms with van der Waals surface area (Å²) in [4.78, 5) is 11.1. The Morgan fingerprint density at radius 3 is 2.65 bits per heavy atom. The first kappa shape index (κ1) is 20.2. The molecular formula is C20H26IN5.